The molecule has 0 N–H and O–H groups in total. The van der Waals surface area contributed by atoms with E-state index in [1.165, 1.54) is 0 Å². The highest BCUT2D eigenvalue weighted by Gasteiger charge is 2.05. The maximum atomic E-state index is 11.8. The maximum absolute atomic E-state index is 11.8. The van der Waals surface area contributed by atoms with Gasteiger partial charge in [-0.15, -0.1) is 0 Å². The van der Waals surface area contributed by atoms with Crippen LogP contribution in [0.3, 0.4) is 0 Å². The summed E-state index contributed by atoms with van der Waals surface area (Å²) >= 11 is 0. The fraction of sp³-hybridized carbons (Fsp3) is 0.188. The van der Waals surface area contributed by atoms with Crippen LogP contribution in [-0.2, 0) is 0 Å². The van der Waals surface area contributed by atoms with Crippen LogP contribution in [0.5, 0.6) is 11.5 Å². The lowest BCUT2D eigenvalue weighted by atomic mass is 10.1. The zero-order chi connectivity index (χ0) is 13.5. The van der Waals surface area contributed by atoms with Gasteiger partial charge in [0, 0.05) is 5.56 Å². The molecule has 0 unspecified atom stereocenters. The van der Waals surface area contributed by atoms with Crippen molar-refractivity contribution in [1.82, 2.24) is 0 Å². The van der Waals surface area contributed by atoms with E-state index in [0.717, 1.165) is 5.75 Å². The van der Waals surface area contributed by atoms with Crippen LogP contribution in [0.2, 0.25) is 0 Å². The molecule has 0 atom stereocenters. The summed E-state index contributed by atoms with van der Waals surface area (Å²) in [7, 11) is 0. The number of hydrogen-bond donors (Lipinski definition) is 0. The van der Waals surface area contributed by atoms with Crippen LogP contribution in [0.25, 0.3) is 0 Å². The van der Waals surface area contributed by atoms with Crippen molar-refractivity contribution in [3.05, 3.63) is 60.2 Å². The van der Waals surface area contributed by atoms with Crippen LogP contribution >= 0.6 is 0 Å². The molecular weight excluding hydrogens is 240 g/mol. The van der Waals surface area contributed by atoms with Gasteiger partial charge in [-0.05, 0) is 31.2 Å². The first kappa shape index (κ1) is 13.1. The highest BCUT2D eigenvalue weighted by atomic mass is 16.5. The second-order valence-corrected chi connectivity index (χ2v) is 3.98. The lowest BCUT2D eigenvalue weighted by Gasteiger charge is -2.07. The van der Waals surface area contributed by atoms with Crippen LogP contribution < -0.4 is 9.47 Å². The Morgan fingerprint density at radius 3 is 2.05 bits per heavy atom. The van der Waals surface area contributed by atoms with E-state index in [2.05, 4.69) is 0 Å². The molecular formula is C16H16O3. The molecule has 3 nitrogen and oxygen atoms in total. The third-order valence-corrected chi connectivity index (χ3v) is 2.60. The van der Waals surface area contributed by atoms with E-state index in [9.17, 15) is 4.79 Å². The lowest BCUT2D eigenvalue weighted by molar-refractivity contribution is 0.0921. The summed E-state index contributed by atoms with van der Waals surface area (Å²) in [5, 5.41) is 0. The molecule has 19 heavy (non-hydrogen) atoms. The molecule has 0 fully saturated rings. The van der Waals surface area contributed by atoms with Gasteiger partial charge in [0.2, 0.25) is 0 Å². The first-order valence-corrected chi connectivity index (χ1v) is 6.23. The van der Waals surface area contributed by atoms with Crippen molar-refractivity contribution in [2.45, 2.75) is 6.92 Å². The van der Waals surface area contributed by atoms with E-state index >= 15 is 0 Å². The molecule has 0 bridgehead atoms. The van der Waals surface area contributed by atoms with E-state index in [1.807, 2.05) is 37.3 Å². The zero-order valence-corrected chi connectivity index (χ0v) is 10.8. The molecule has 0 aliphatic rings. The van der Waals surface area contributed by atoms with Crippen molar-refractivity contribution in [1.29, 1.82) is 0 Å². The summed E-state index contributed by atoms with van der Waals surface area (Å²) in [5.41, 5.74) is 0.661. The smallest absolute Gasteiger partial charge is 0.200 e. The SMILES string of the molecule is CCOc1ccc(OCC(=O)c2ccccc2)cc1. The number of carbonyl (C=O) groups is 1. The molecule has 2 aromatic rings. The summed E-state index contributed by atoms with van der Waals surface area (Å²) in [6, 6.07) is 16.4. The Labute approximate surface area is 112 Å². The number of benzene rings is 2. The van der Waals surface area contributed by atoms with E-state index in [-0.39, 0.29) is 12.4 Å². The molecule has 0 aromatic heterocycles. The van der Waals surface area contributed by atoms with E-state index in [4.69, 9.17) is 9.47 Å². The third-order valence-electron chi connectivity index (χ3n) is 2.60. The molecule has 0 saturated heterocycles. The second kappa shape index (κ2) is 6.59. The minimum absolute atomic E-state index is 0.0329. The second-order valence-electron chi connectivity index (χ2n) is 3.98. The third kappa shape index (κ3) is 3.85. The van der Waals surface area contributed by atoms with Gasteiger partial charge in [-0.1, -0.05) is 30.3 Å². The first-order chi connectivity index (χ1) is 9.29. The highest BCUT2D eigenvalue weighted by Crippen LogP contribution is 2.17. The minimum atomic E-state index is -0.0329. The van der Waals surface area contributed by atoms with Crippen molar-refractivity contribution in [3.63, 3.8) is 0 Å². The average molecular weight is 256 g/mol. The van der Waals surface area contributed by atoms with E-state index in [0.29, 0.717) is 17.9 Å². The highest BCUT2D eigenvalue weighted by molar-refractivity contribution is 5.97. The Hall–Kier alpha value is -2.29. The van der Waals surface area contributed by atoms with Crippen molar-refractivity contribution in [3.8, 4) is 11.5 Å². The zero-order valence-electron chi connectivity index (χ0n) is 10.8. The van der Waals surface area contributed by atoms with Crippen molar-refractivity contribution >= 4 is 5.78 Å². The van der Waals surface area contributed by atoms with Crippen LogP contribution in [0.1, 0.15) is 17.3 Å². The summed E-state index contributed by atoms with van der Waals surface area (Å²) in [6.45, 7) is 2.60. The number of ether oxygens (including phenoxy) is 2. The van der Waals surface area contributed by atoms with Gasteiger partial charge in [0.1, 0.15) is 11.5 Å². The van der Waals surface area contributed by atoms with E-state index in [1.54, 1.807) is 24.3 Å². The number of hydrogen-bond acceptors (Lipinski definition) is 3. The van der Waals surface area contributed by atoms with Gasteiger partial charge in [0.25, 0.3) is 0 Å². The Morgan fingerprint density at radius 2 is 1.47 bits per heavy atom. The molecule has 0 spiro atoms. The Kier molecular flexibility index (Phi) is 4.56. The molecule has 0 radical (unpaired) electrons. The van der Waals surface area contributed by atoms with Gasteiger partial charge in [0.05, 0.1) is 6.61 Å². The Bertz CT molecular complexity index is 517. The largest absolute Gasteiger partial charge is 0.494 e. The topological polar surface area (TPSA) is 35.5 Å². The molecule has 0 aliphatic heterocycles. The molecule has 0 heterocycles. The molecule has 0 saturated carbocycles. The van der Waals surface area contributed by atoms with E-state index < -0.39 is 0 Å². The average Bonchev–Trinajstić information content (AvgIpc) is 2.47. The summed E-state index contributed by atoms with van der Waals surface area (Å²) in [4.78, 5) is 11.8. The van der Waals surface area contributed by atoms with Crippen molar-refractivity contribution < 1.29 is 14.3 Å². The number of Topliss-reactive ketones (excluding diaryl/α,β-unsaturated/α-hetero) is 1. The Balaban J connectivity index is 1.90. The maximum Gasteiger partial charge on any atom is 0.200 e. The normalized spacial score (nSPS) is 9.95. The van der Waals surface area contributed by atoms with Crippen LogP contribution in [-0.4, -0.2) is 19.0 Å². The number of rotatable bonds is 6. The van der Waals surface area contributed by atoms with Gasteiger partial charge >= 0.3 is 0 Å². The Morgan fingerprint density at radius 1 is 0.895 bits per heavy atom. The lowest BCUT2D eigenvalue weighted by Crippen LogP contribution is -2.11. The van der Waals surface area contributed by atoms with Gasteiger partial charge in [-0.2, -0.15) is 0 Å². The van der Waals surface area contributed by atoms with Crippen molar-refractivity contribution in [2.24, 2.45) is 0 Å². The first-order valence-electron chi connectivity index (χ1n) is 6.23. The molecule has 3 heteroatoms. The number of ketones is 1. The molecule has 0 amide bonds. The molecule has 2 aromatic carbocycles. The fourth-order valence-corrected chi connectivity index (χ4v) is 1.66. The van der Waals surface area contributed by atoms with Crippen molar-refractivity contribution in [2.75, 3.05) is 13.2 Å². The monoisotopic (exact) mass is 256 g/mol. The fourth-order valence-electron chi connectivity index (χ4n) is 1.66. The van der Waals surface area contributed by atoms with Crippen LogP contribution in [0.15, 0.2) is 54.6 Å². The predicted molar refractivity (Wildman–Crippen MR) is 73.9 cm³/mol. The van der Waals surface area contributed by atoms with Gasteiger partial charge in [0.15, 0.2) is 12.4 Å². The molecule has 98 valence electrons. The summed E-state index contributed by atoms with van der Waals surface area (Å²) in [5.74, 6) is 1.42. The number of carbonyl (C=O) groups excluding carboxylic acids is 1. The van der Waals surface area contributed by atoms with Crippen LogP contribution in [0, 0.1) is 0 Å². The van der Waals surface area contributed by atoms with Gasteiger partial charge in [-0.3, -0.25) is 4.79 Å². The minimum Gasteiger partial charge on any atom is -0.494 e. The molecule has 2 rings (SSSR count). The molecule has 0 aliphatic carbocycles. The summed E-state index contributed by atoms with van der Waals surface area (Å²) in [6.07, 6.45) is 0. The van der Waals surface area contributed by atoms with Gasteiger partial charge < -0.3 is 9.47 Å². The van der Waals surface area contributed by atoms with Crippen LogP contribution in [0.4, 0.5) is 0 Å². The van der Waals surface area contributed by atoms with Gasteiger partial charge in [-0.25, -0.2) is 0 Å². The predicted octanol–water partition coefficient (Wildman–Crippen LogP) is 3.35. The standard InChI is InChI=1S/C16H16O3/c1-2-18-14-8-10-15(11-9-14)19-12-16(17)13-6-4-3-5-7-13/h3-11H,2,12H2,1H3. The summed E-state index contributed by atoms with van der Waals surface area (Å²) < 4.78 is 10.8. The quantitative estimate of drug-likeness (QED) is 0.743.